The molecule has 2 N–H and O–H groups in total. The predicted octanol–water partition coefficient (Wildman–Crippen LogP) is 1.06. The molecule has 2 atom stereocenters. The molecule has 1 aromatic heterocycles. The minimum Gasteiger partial charge on any atom is -0.381 e. The van der Waals surface area contributed by atoms with Gasteiger partial charge in [0.2, 0.25) is 0 Å². The fourth-order valence-corrected chi connectivity index (χ4v) is 2.06. The topological polar surface area (TPSA) is 76.1 Å². The molecule has 1 amide bonds. The summed E-state index contributed by atoms with van der Waals surface area (Å²) in [5, 5.41) is 5.99. The quantitative estimate of drug-likeness (QED) is 0.831. The molecule has 1 aliphatic heterocycles. The first kappa shape index (κ1) is 13.7. The maximum atomic E-state index is 12.0. The summed E-state index contributed by atoms with van der Waals surface area (Å²) in [5.74, 6) is 0.879. The number of carbonyl (C=O) groups is 1. The number of amides is 1. The normalized spacial score (nSPS) is 20.0. The maximum Gasteiger partial charge on any atom is 0.271 e. The second-order valence-electron chi connectivity index (χ2n) is 4.70. The fraction of sp³-hybridized carbons (Fsp3) is 0.615. The largest absolute Gasteiger partial charge is 0.381 e. The molecule has 2 rings (SSSR count). The SMILES string of the molecule is CCNc1cnc(C(=O)NC(C)C2CCOC2)cn1. The van der Waals surface area contributed by atoms with Crippen molar-refractivity contribution in [2.75, 3.05) is 25.1 Å². The highest BCUT2D eigenvalue weighted by atomic mass is 16.5. The van der Waals surface area contributed by atoms with Crippen molar-refractivity contribution in [3.63, 3.8) is 0 Å². The Bertz CT molecular complexity index is 415. The van der Waals surface area contributed by atoms with E-state index in [0.717, 1.165) is 19.6 Å². The fourth-order valence-electron chi connectivity index (χ4n) is 2.06. The highest BCUT2D eigenvalue weighted by molar-refractivity contribution is 5.92. The Balaban J connectivity index is 1.91. The molecule has 0 saturated carbocycles. The number of ether oxygens (including phenoxy) is 1. The Hall–Kier alpha value is -1.69. The molecule has 1 fully saturated rings. The van der Waals surface area contributed by atoms with E-state index >= 15 is 0 Å². The minimum atomic E-state index is -0.185. The Labute approximate surface area is 113 Å². The van der Waals surface area contributed by atoms with Gasteiger partial charge in [-0.15, -0.1) is 0 Å². The summed E-state index contributed by atoms with van der Waals surface area (Å²) >= 11 is 0. The van der Waals surface area contributed by atoms with Gasteiger partial charge in [0.15, 0.2) is 0 Å². The van der Waals surface area contributed by atoms with Gasteiger partial charge in [-0.2, -0.15) is 0 Å². The number of nitrogens with zero attached hydrogens (tertiary/aromatic N) is 2. The highest BCUT2D eigenvalue weighted by Gasteiger charge is 2.24. The van der Waals surface area contributed by atoms with Gasteiger partial charge in [0, 0.05) is 25.1 Å². The van der Waals surface area contributed by atoms with Crippen molar-refractivity contribution < 1.29 is 9.53 Å². The van der Waals surface area contributed by atoms with Gasteiger partial charge in [-0.05, 0) is 20.3 Å². The van der Waals surface area contributed by atoms with Gasteiger partial charge in [-0.25, -0.2) is 9.97 Å². The Morgan fingerprint density at radius 3 is 2.95 bits per heavy atom. The number of anilines is 1. The number of carbonyl (C=O) groups excluding carboxylic acids is 1. The summed E-state index contributed by atoms with van der Waals surface area (Å²) in [6.45, 7) is 6.25. The van der Waals surface area contributed by atoms with E-state index < -0.39 is 0 Å². The van der Waals surface area contributed by atoms with Crippen LogP contribution in [0.15, 0.2) is 12.4 Å². The van der Waals surface area contributed by atoms with E-state index in [4.69, 9.17) is 4.74 Å². The van der Waals surface area contributed by atoms with Crippen LogP contribution in [0.25, 0.3) is 0 Å². The van der Waals surface area contributed by atoms with Crippen molar-refractivity contribution >= 4 is 11.7 Å². The number of rotatable bonds is 5. The molecule has 2 unspecified atom stereocenters. The molecule has 0 bridgehead atoms. The molecular weight excluding hydrogens is 244 g/mol. The van der Waals surface area contributed by atoms with Crippen LogP contribution in [-0.2, 0) is 4.74 Å². The Kier molecular flexibility index (Phi) is 4.68. The summed E-state index contributed by atoms with van der Waals surface area (Å²) in [6, 6.07) is 0.0882. The van der Waals surface area contributed by atoms with Crippen molar-refractivity contribution in [3.8, 4) is 0 Å². The first-order valence-electron chi connectivity index (χ1n) is 6.65. The third-order valence-electron chi connectivity index (χ3n) is 3.27. The van der Waals surface area contributed by atoms with E-state index in [2.05, 4.69) is 20.6 Å². The van der Waals surface area contributed by atoms with Crippen molar-refractivity contribution in [2.24, 2.45) is 5.92 Å². The van der Waals surface area contributed by atoms with Crippen molar-refractivity contribution in [2.45, 2.75) is 26.3 Å². The molecule has 0 aromatic carbocycles. The summed E-state index contributed by atoms with van der Waals surface area (Å²) in [5.41, 5.74) is 0.340. The molecule has 2 heterocycles. The lowest BCUT2D eigenvalue weighted by Gasteiger charge is -2.18. The van der Waals surface area contributed by atoms with Crippen LogP contribution in [0.5, 0.6) is 0 Å². The molecular formula is C13H20N4O2. The molecule has 6 nitrogen and oxygen atoms in total. The van der Waals surface area contributed by atoms with Gasteiger partial charge in [-0.3, -0.25) is 4.79 Å². The van der Waals surface area contributed by atoms with Crippen LogP contribution in [-0.4, -0.2) is 41.7 Å². The van der Waals surface area contributed by atoms with Crippen LogP contribution in [0.1, 0.15) is 30.8 Å². The van der Waals surface area contributed by atoms with Crippen molar-refractivity contribution in [3.05, 3.63) is 18.1 Å². The molecule has 104 valence electrons. The predicted molar refractivity (Wildman–Crippen MR) is 72.0 cm³/mol. The van der Waals surface area contributed by atoms with Gasteiger partial charge in [-0.1, -0.05) is 0 Å². The van der Waals surface area contributed by atoms with E-state index in [1.165, 1.54) is 6.20 Å². The molecule has 0 aliphatic carbocycles. The second kappa shape index (κ2) is 6.47. The molecule has 0 radical (unpaired) electrons. The summed E-state index contributed by atoms with van der Waals surface area (Å²) in [4.78, 5) is 20.2. The van der Waals surface area contributed by atoms with E-state index in [9.17, 15) is 4.79 Å². The van der Waals surface area contributed by atoms with Crippen LogP contribution in [0.4, 0.5) is 5.82 Å². The lowest BCUT2D eigenvalue weighted by molar-refractivity contribution is 0.0917. The number of hydrogen-bond acceptors (Lipinski definition) is 5. The first-order valence-corrected chi connectivity index (χ1v) is 6.65. The van der Waals surface area contributed by atoms with Gasteiger partial charge in [0.05, 0.1) is 19.0 Å². The Morgan fingerprint density at radius 1 is 1.53 bits per heavy atom. The zero-order valence-electron chi connectivity index (χ0n) is 11.3. The lowest BCUT2D eigenvalue weighted by atomic mass is 10.0. The summed E-state index contributed by atoms with van der Waals surface area (Å²) in [7, 11) is 0. The average Bonchev–Trinajstić information content (AvgIpc) is 2.94. The van der Waals surface area contributed by atoms with Crippen LogP contribution >= 0.6 is 0 Å². The lowest BCUT2D eigenvalue weighted by Crippen LogP contribution is -2.38. The van der Waals surface area contributed by atoms with Gasteiger partial charge in [0.25, 0.3) is 5.91 Å². The number of aromatic nitrogens is 2. The first-order chi connectivity index (χ1) is 9.20. The zero-order chi connectivity index (χ0) is 13.7. The third-order valence-corrected chi connectivity index (χ3v) is 3.27. The van der Waals surface area contributed by atoms with Gasteiger partial charge < -0.3 is 15.4 Å². The smallest absolute Gasteiger partial charge is 0.271 e. The molecule has 6 heteroatoms. The van der Waals surface area contributed by atoms with Crippen LogP contribution in [0.2, 0.25) is 0 Å². The third kappa shape index (κ3) is 3.64. The maximum absolute atomic E-state index is 12.0. The van der Waals surface area contributed by atoms with Crippen LogP contribution in [0, 0.1) is 5.92 Å². The standard InChI is InChI=1S/C13H20N4O2/c1-3-14-12-7-15-11(6-16-12)13(18)17-9(2)10-4-5-19-8-10/h6-7,9-10H,3-5,8H2,1-2H3,(H,14,16)(H,17,18). The molecule has 1 saturated heterocycles. The van der Waals surface area contributed by atoms with Crippen molar-refractivity contribution in [1.82, 2.24) is 15.3 Å². The minimum absolute atomic E-state index is 0.0882. The Morgan fingerprint density at radius 2 is 2.37 bits per heavy atom. The van der Waals surface area contributed by atoms with Crippen LogP contribution in [0.3, 0.4) is 0 Å². The van der Waals surface area contributed by atoms with Crippen molar-refractivity contribution in [1.29, 1.82) is 0 Å². The van der Waals surface area contributed by atoms with E-state index in [-0.39, 0.29) is 11.9 Å². The number of hydrogen-bond donors (Lipinski definition) is 2. The van der Waals surface area contributed by atoms with E-state index in [1.54, 1.807) is 6.20 Å². The second-order valence-corrected chi connectivity index (χ2v) is 4.70. The highest BCUT2D eigenvalue weighted by Crippen LogP contribution is 2.16. The monoisotopic (exact) mass is 264 g/mol. The zero-order valence-corrected chi connectivity index (χ0v) is 11.3. The average molecular weight is 264 g/mol. The molecule has 19 heavy (non-hydrogen) atoms. The van der Waals surface area contributed by atoms with Crippen LogP contribution < -0.4 is 10.6 Å². The van der Waals surface area contributed by atoms with E-state index in [0.29, 0.717) is 24.0 Å². The molecule has 1 aliphatic rings. The number of nitrogens with one attached hydrogen (secondary N) is 2. The molecule has 1 aromatic rings. The summed E-state index contributed by atoms with van der Waals surface area (Å²) < 4.78 is 5.32. The van der Waals surface area contributed by atoms with E-state index in [1.807, 2.05) is 13.8 Å². The molecule has 0 spiro atoms. The van der Waals surface area contributed by atoms with Gasteiger partial charge in [0.1, 0.15) is 11.5 Å². The summed E-state index contributed by atoms with van der Waals surface area (Å²) in [6.07, 6.45) is 4.05. The van der Waals surface area contributed by atoms with Gasteiger partial charge >= 0.3 is 0 Å².